The van der Waals surface area contributed by atoms with E-state index in [9.17, 15) is 9.59 Å². The van der Waals surface area contributed by atoms with Crippen LogP contribution in [0.1, 0.15) is 0 Å². The maximum atomic E-state index is 12.3. The molecule has 3 rings (SSSR count). The predicted octanol–water partition coefficient (Wildman–Crippen LogP) is 0.723. The molecule has 8 heteroatoms. The molecule has 0 fully saturated rings. The summed E-state index contributed by atoms with van der Waals surface area (Å²) in [7, 11) is 6.37. The first-order valence-electron chi connectivity index (χ1n) is 6.97. The topological polar surface area (TPSA) is 83.1 Å². The van der Waals surface area contributed by atoms with Gasteiger partial charge in [0.25, 0.3) is 5.56 Å². The second-order valence-electron chi connectivity index (χ2n) is 5.23. The summed E-state index contributed by atoms with van der Waals surface area (Å²) >= 11 is 0. The molecule has 0 aliphatic carbocycles. The van der Waals surface area contributed by atoms with Gasteiger partial charge in [0.05, 0.1) is 7.11 Å². The van der Waals surface area contributed by atoms with Crippen molar-refractivity contribution in [2.45, 2.75) is 0 Å². The lowest BCUT2D eigenvalue weighted by atomic mass is 10.3. The fourth-order valence-electron chi connectivity index (χ4n) is 2.43. The Morgan fingerprint density at radius 1 is 1.00 bits per heavy atom. The molecule has 120 valence electrons. The van der Waals surface area contributed by atoms with Gasteiger partial charge in [0, 0.05) is 26.8 Å². The zero-order chi connectivity index (χ0) is 16.7. The third-order valence-electron chi connectivity index (χ3n) is 3.82. The van der Waals surface area contributed by atoms with Gasteiger partial charge in [0.1, 0.15) is 5.75 Å². The number of fused-ring (bicyclic) bond motifs is 1. The van der Waals surface area contributed by atoms with E-state index in [0.717, 1.165) is 16.0 Å². The molecule has 1 aromatic carbocycles. The zero-order valence-electron chi connectivity index (χ0n) is 13.3. The molecule has 1 N–H and O–H groups in total. The van der Waals surface area contributed by atoms with Crippen LogP contribution in [0.25, 0.3) is 11.2 Å². The molecule has 0 radical (unpaired) electrons. The average Bonchev–Trinajstić information content (AvgIpc) is 2.88. The standard InChI is InChI=1S/C15H17N5O3/c1-18-11-12(19(2)15(22)20(3)13(11)21)17-14(18)16-9-5-7-10(23-4)8-6-9/h5-8H,1-4H3,(H,16,17). The van der Waals surface area contributed by atoms with E-state index in [2.05, 4.69) is 10.3 Å². The van der Waals surface area contributed by atoms with Crippen molar-refractivity contribution >= 4 is 22.8 Å². The van der Waals surface area contributed by atoms with Crippen LogP contribution >= 0.6 is 0 Å². The smallest absolute Gasteiger partial charge is 0.332 e. The summed E-state index contributed by atoms with van der Waals surface area (Å²) < 4.78 is 9.19. The first-order chi connectivity index (χ1) is 10.9. The molecule has 0 bridgehead atoms. The Kier molecular flexibility index (Phi) is 3.44. The van der Waals surface area contributed by atoms with Crippen LogP contribution < -0.4 is 21.3 Å². The highest BCUT2D eigenvalue weighted by atomic mass is 16.5. The van der Waals surface area contributed by atoms with Gasteiger partial charge in [-0.05, 0) is 24.3 Å². The van der Waals surface area contributed by atoms with Crippen molar-refractivity contribution in [3.63, 3.8) is 0 Å². The molecule has 0 aliphatic heterocycles. The third-order valence-corrected chi connectivity index (χ3v) is 3.82. The fourth-order valence-corrected chi connectivity index (χ4v) is 2.43. The number of hydrogen-bond acceptors (Lipinski definition) is 5. The Morgan fingerprint density at radius 2 is 1.65 bits per heavy atom. The van der Waals surface area contributed by atoms with Crippen LogP contribution in [0.3, 0.4) is 0 Å². The predicted molar refractivity (Wildman–Crippen MR) is 87.5 cm³/mol. The second-order valence-corrected chi connectivity index (χ2v) is 5.23. The minimum atomic E-state index is -0.406. The van der Waals surface area contributed by atoms with E-state index in [1.54, 1.807) is 25.8 Å². The summed E-state index contributed by atoms with van der Waals surface area (Å²) in [6.07, 6.45) is 0. The lowest BCUT2D eigenvalue weighted by Gasteiger charge is -2.07. The number of anilines is 2. The highest BCUT2D eigenvalue weighted by molar-refractivity contribution is 5.75. The number of nitrogens with one attached hydrogen (secondary N) is 1. The Bertz CT molecular complexity index is 995. The number of aromatic nitrogens is 4. The minimum Gasteiger partial charge on any atom is -0.497 e. The van der Waals surface area contributed by atoms with E-state index in [1.807, 2.05) is 24.3 Å². The van der Waals surface area contributed by atoms with Crippen molar-refractivity contribution in [2.75, 3.05) is 12.4 Å². The number of methoxy groups -OCH3 is 1. The van der Waals surface area contributed by atoms with Crippen molar-refractivity contribution in [1.29, 1.82) is 0 Å². The van der Waals surface area contributed by atoms with E-state index in [4.69, 9.17) is 4.74 Å². The summed E-state index contributed by atoms with van der Waals surface area (Å²) in [6, 6.07) is 7.32. The number of nitrogens with zero attached hydrogens (tertiary/aromatic N) is 4. The molecule has 0 saturated heterocycles. The molecule has 8 nitrogen and oxygen atoms in total. The Labute approximate surface area is 131 Å². The highest BCUT2D eigenvalue weighted by Gasteiger charge is 2.16. The highest BCUT2D eigenvalue weighted by Crippen LogP contribution is 2.21. The number of aryl methyl sites for hydroxylation is 2. The Balaban J connectivity index is 2.14. The normalized spacial score (nSPS) is 11.0. The maximum Gasteiger partial charge on any atom is 0.332 e. The van der Waals surface area contributed by atoms with Crippen LogP contribution in [0, 0.1) is 0 Å². The first kappa shape index (κ1) is 14.9. The van der Waals surface area contributed by atoms with E-state index in [1.165, 1.54) is 11.6 Å². The van der Waals surface area contributed by atoms with Gasteiger partial charge in [-0.1, -0.05) is 0 Å². The van der Waals surface area contributed by atoms with E-state index < -0.39 is 5.69 Å². The number of benzene rings is 1. The number of ether oxygens (including phenoxy) is 1. The van der Waals surface area contributed by atoms with Gasteiger partial charge in [0.15, 0.2) is 11.2 Å². The van der Waals surface area contributed by atoms with Gasteiger partial charge in [-0.15, -0.1) is 0 Å². The summed E-state index contributed by atoms with van der Waals surface area (Å²) in [4.78, 5) is 28.7. The van der Waals surface area contributed by atoms with E-state index in [0.29, 0.717) is 17.1 Å². The first-order valence-corrected chi connectivity index (χ1v) is 6.97. The summed E-state index contributed by atoms with van der Waals surface area (Å²) in [6.45, 7) is 0. The van der Waals surface area contributed by atoms with Gasteiger partial charge in [-0.2, -0.15) is 4.98 Å². The molecular formula is C15H17N5O3. The van der Waals surface area contributed by atoms with Gasteiger partial charge >= 0.3 is 5.69 Å². The molecule has 23 heavy (non-hydrogen) atoms. The third kappa shape index (κ3) is 2.28. The van der Waals surface area contributed by atoms with Gasteiger partial charge < -0.3 is 14.6 Å². The van der Waals surface area contributed by atoms with Crippen LogP contribution in [-0.4, -0.2) is 25.8 Å². The van der Waals surface area contributed by atoms with Crippen molar-refractivity contribution in [2.24, 2.45) is 21.1 Å². The Hall–Kier alpha value is -3.03. The Morgan fingerprint density at radius 3 is 2.26 bits per heavy atom. The lowest BCUT2D eigenvalue weighted by molar-refractivity contribution is 0.415. The summed E-state index contributed by atoms with van der Waals surface area (Å²) in [5.74, 6) is 1.22. The summed E-state index contributed by atoms with van der Waals surface area (Å²) in [5.41, 5.74) is 0.728. The molecular weight excluding hydrogens is 298 g/mol. The SMILES string of the molecule is COc1ccc(Nc2nc3c(c(=O)n(C)c(=O)n3C)n2C)cc1. The maximum absolute atomic E-state index is 12.3. The monoisotopic (exact) mass is 315 g/mol. The fraction of sp³-hybridized carbons (Fsp3) is 0.267. The van der Waals surface area contributed by atoms with Crippen LogP contribution in [0.2, 0.25) is 0 Å². The van der Waals surface area contributed by atoms with E-state index >= 15 is 0 Å². The second kappa shape index (κ2) is 5.31. The largest absolute Gasteiger partial charge is 0.497 e. The minimum absolute atomic E-state index is 0.344. The molecule has 0 atom stereocenters. The number of imidazole rings is 1. The van der Waals surface area contributed by atoms with Crippen molar-refractivity contribution in [1.82, 2.24) is 18.7 Å². The van der Waals surface area contributed by atoms with Crippen LogP contribution in [-0.2, 0) is 21.1 Å². The quantitative estimate of drug-likeness (QED) is 0.770. The molecule has 0 unspecified atom stereocenters. The molecule has 2 aromatic heterocycles. The van der Waals surface area contributed by atoms with Gasteiger partial charge in [-0.3, -0.25) is 13.9 Å². The zero-order valence-corrected chi connectivity index (χ0v) is 13.3. The molecule has 0 spiro atoms. The molecule has 3 aromatic rings. The molecule has 0 aliphatic rings. The van der Waals surface area contributed by atoms with Gasteiger partial charge in [-0.25, -0.2) is 4.79 Å². The van der Waals surface area contributed by atoms with Crippen LogP contribution in [0.15, 0.2) is 33.9 Å². The molecule has 0 amide bonds. The van der Waals surface area contributed by atoms with Gasteiger partial charge in [0.2, 0.25) is 5.95 Å². The number of rotatable bonds is 3. The molecule has 2 heterocycles. The van der Waals surface area contributed by atoms with E-state index in [-0.39, 0.29) is 5.56 Å². The molecule has 0 saturated carbocycles. The van der Waals surface area contributed by atoms with Crippen molar-refractivity contribution < 1.29 is 4.74 Å². The van der Waals surface area contributed by atoms with Crippen molar-refractivity contribution in [3.05, 3.63) is 45.1 Å². The van der Waals surface area contributed by atoms with Crippen LogP contribution in [0.5, 0.6) is 5.75 Å². The number of hydrogen-bond donors (Lipinski definition) is 1. The average molecular weight is 315 g/mol. The summed E-state index contributed by atoms with van der Waals surface area (Å²) in [5, 5.41) is 3.14. The lowest BCUT2D eigenvalue weighted by Crippen LogP contribution is -2.37. The van der Waals surface area contributed by atoms with Crippen molar-refractivity contribution in [3.8, 4) is 5.75 Å². The van der Waals surface area contributed by atoms with Crippen LogP contribution in [0.4, 0.5) is 11.6 Å².